The summed E-state index contributed by atoms with van der Waals surface area (Å²) in [6.07, 6.45) is 2.46. The number of aromatic nitrogens is 3. The number of benzene rings is 2. The highest BCUT2D eigenvalue weighted by molar-refractivity contribution is 7.99. The van der Waals surface area contributed by atoms with Gasteiger partial charge in [-0.3, -0.25) is 14.3 Å². The predicted molar refractivity (Wildman–Crippen MR) is 114 cm³/mol. The fourth-order valence-corrected chi connectivity index (χ4v) is 4.41. The first-order valence-corrected chi connectivity index (χ1v) is 10.8. The standard InChI is InChI=1S/C22H24N4O2S/c1-28-20-12-6-5-11-18(20)19(27)16-29-22-24-23-21(15-25-13-7-8-14-25)26(22)17-9-3-2-4-10-17/h2-6,9-12H,7-8,13-16H2,1H3. The fourth-order valence-electron chi connectivity index (χ4n) is 3.56. The molecule has 2 aromatic carbocycles. The molecule has 1 saturated heterocycles. The molecule has 0 bridgehead atoms. The van der Waals surface area contributed by atoms with Gasteiger partial charge in [-0.25, -0.2) is 0 Å². The normalized spacial score (nSPS) is 14.2. The smallest absolute Gasteiger partial charge is 0.196 e. The van der Waals surface area contributed by atoms with Gasteiger partial charge in [0.05, 0.1) is 25.0 Å². The van der Waals surface area contributed by atoms with E-state index >= 15 is 0 Å². The Morgan fingerprint density at radius 2 is 1.76 bits per heavy atom. The number of ether oxygens (including phenoxy) is 1. The first-order chi connectivity index (χ1) is 14.3. The monoisotopic (exact) mass is 408 g/mol. The molecule has 2 heterocycles. The summed E-state index contributed by atoms with van der Waals surface area (Å²) in [5.74, 6) is 1.79. The number of carbonyl (C=O) groups excluding carboxylic acids is 1. The average Bonchev–Trinajstić information content (AvgIpc) is 3.43. The predicted octanol–water partition coefficient (Wildman–Crippen LogP) is 3.85. The molecule has 0 aliphatic carbocycles. The topological polar surface area (TPSA) is 60.2 Å². The average molecular weight is 409 g/mol. The molecule has 1 aliphatic heterocycles. The minimum atomic E-state index is 0.0103. The summed E-state index contributed by atoms with van der Waals surface area (Å²) in [4.78, 5) is 15.2. The lowest BCUT2D eigenvalue weighted by atomic mass is 10.1. The lowest BCUT2D eigenvalue weighted by Gasteiger charge is -2.16. The summed E-state index contributed by atoms with van der Waals surface area (Å²) >= 11 is 1.41. The Morgan fingerprint density at radius 1 is 1.03 bits per heavy atom. The maximum atomic E-state index is 12.8. The van der Waals surface area contributed by atoms with Gasteiger partial charge in [-0.05, 0) is 50.2 Å². The molecule has 0 amide bonds. The Labute approximate surface area is 174 Å². The summed E-state index contributed by atoms with van der Waals surface area (Å²) in [5.41, 5.74) is 1.60. The Hall–Kier alpha value is -2.64. The second-order valence-corrected chi connectivity index (χ2v) is 7.91. The number of Topliss-reactive ketones (excluding diaryl/α,β-unsaturated/α-hetero) is 1. The minimum Gasteiger partial charge on any atom is -0.496 e. The van der Waals surface area contributed by atoms with E-state index in [2.05, 4.69) is 19.7 Å². The van der Waals surface area contributed by atoms with Crippen LogP contribution in [0, 0.1) is 0 Å². The lowest BCUT2D eigenvalue weighted by Crippen LogP contribution is -2.21. The number of likely N-dealkylation sites (tertiary alicyclic amines) is 1. The van der Waals surface area contributed by atoms with E-state index in [1.54, 1.807) is 19.2 Å². The third-order valence-electron chi connectivity index (χ3n) is 5.02. The van der Waals surface area contributed by atoms with E-state index < -0.39 is 0 Å². The van der Waals surface area contributed by atoms with Gasteiger partial charge < -0.3 is 4.74 Å². The van der Waals surface area contributed by atoms with Crippen LogP contribution < -0.4 is 4.74 Å². The second-order valence-electron chi connectivity index (χ2n) is 6.97. The van der Waals surface area contributed by atoms with Gasteiger partial charge in [-0.1, -0.05) is 42.1 Å². The Bertz CT molecular complexity index is 968. The van der Waals surface area contributed by atoms with Crippen LogP contribution in [0.5, 0.6) is 5.75 Å². The number of hydrogen-bond acceptors (Lipinski definition) is 6. The second kappa shape index (κ2) is 9.24. The van der Waals surface area contributed by atoms with Crippen molar-refractivity contribution in [2.45, 2.75) is 24.5 Å². The first kappa shape index (κ1) is 19.7. The number of thioether (sulfide) groups is 1. The van der Waals surface area contributed by atoms with E-state index in [-0.39, 0.29) is 11.5 Å². The largest absolute Gasteiger partial charge is 0.496 e. The van der Waals surface area contributed by atoms with Gasteiger partial charge in [-0.15, -0.1) is 10.2 Å². The van der Waals surface area contributed by atoms with E-state index in [0.717, 1.165) is 36.3 Å². The van der Waals surface area contributed by atoms with Gasteiger partial charge in [0.2, 0.25) is 0 Å². The molecule has 3 aromatic rings. The highest BCUT2D eigenvalue weighted by Gasteiger charge is 2.20. The summed E-state index contributed by atoms with van der Waals surface area (Å²) in [5, 5.41) is 9.59. The Morgan fingerprint density at radius 3 is 2.52 bits per heavy atom. The van der Waals surface area contributed by atoms with Crippen LogP contribution in [-0.2, 0) is 6.54 Å². The maximum Gasteiger partial charge on any atom is 0.196 e. The third-order valence-corrected chi connectivity index (χ3v) is 5.95. The molecule has 0 saturated carbocycles. The van der Waals surface area contributed by atoms with Crippen molar-refractivity contribution in [1.29, 1.82) is 0 Å². The molecule has 29 heavy (non-hydrogen) atoms. The molecule has 1 aliphatic rings. The Balaban J connectivity index is 1.56. The van der Waals surface area contributed by atoms with Gasteiger partial charge in [0.1, 0.15) is 5.75 Å². The van der Waals surface area contributed by atoms with Crippen LogP contribution in [0.25, 0.3) is 5.69 Å². The molecule has 7 heteroatoms. The van der Waals surface area contributed by atoms with E-state index in [1.165, 1.54) is 24.6 Å². The molecule has 150 valence electrons. The summed E-state index contributed by atoms with van der Waals surface area (Å²) in [7, 11) is 1.58. The van der Waals surface area contributed by atoms with Crippen LogP contribution in [0.2, 0.25) is 0 Å². The molecule has 0 radical (unpaired) electrons. The zero-order valence-electron chi connectivity index (χ0n) is 16.5. The minimum absolute atomic E-state index is 0.0103. The van der Waals surface area contributed by atoms with Gasteiger partial charge in [0, 0.05) is 5.69 Å². The quantitative estimate of drug-likeness (QED) is 0.417. The zero-order valence-corrected chi connectivity index (χ0v) is 17.3. The van der Waals surface area contributed by atoms with Crippen molar-refractivity contribution in [3.8, 4) is 11.4 Å². The number of rotatable bonds is 8. The van der Waals surface area contributed by atoms with Gasteiger partial charge in [-0.2, -0.15) is 0 Å². The molecule has 1 aromatic heterocycles. The molecule has 6 nitrogen and oxygen atoms in total. The van der Waals surface area contributed by atoms with E-state index in [1.807, 2.05) is 42.5 Å². The van der Waals surface area contributed by atoms with Crippen molar-refractivity contribution >= 4 is 17.5 Å². The number of ketones is 1. The molecule has 0 N–H and O–H groups in total. The lowest BCUT2D eigenvalue weighted by molar-refractivity contribution is 0.101. The van der Waals surface area contributed by atoms with Gasteiger partial charge in [0.25, 0.3) is 0 Å². The Kier molecular flexibility index (Phi) is 6.27. The summed E-state index contributed by atoms with van der Waals surface area (Å²) in [6, 6.07) is 17.4. The van der Waals surface area contributed by atoms with Crippen LogP contribution in [0.4, 0.5) is 0 Å². The number of carbonyl (C=O) groups is 1. The van der Waals surface area contributed by atoms with Crippen molar-refractivity contribution in [3.05, 3.63) is 66.0 Å². The molecule has 0 spiro atoms. The van der Waals surface area contributed by atoms with Gasteiger partial charge in [0.15, 0.2) is 16.8 Å². The molecular weight excluding hydrogens is 384 g/mol. The van der Waals surface area contributed by atoms with E-state index in [0.29, 0.717) is 11.3 Å². The molecule has 4 rings (SSSR count). The number of para-hydroxylation sites is 2. The third kappa shape index (κ3) is 4.52. The van der Waals surface area contributed by atoms with Crippen LogP contribution >= 0.6 is 11.8 Å². The molecule has 1 fully saturated rings. The van der Waals surface area contributed by atoms with Crippen molar-refractivity contribution in [2.24, 2.45) is 0 Å². The summed E-state index contributed by atoms with van der Waals surface area (Å²) in [6.45, 7) is 2.95. The molecular formula is C22H24N4O2S. The number of hydrogen-bond donors (Lipinski definition) is 0. The highest BCUT2D eigenvalue weighted by atomic mass is 32.2. The van der Waals surface area contributed by atoms with Crippen LogP contribution in [-0.4, -0.2) is 51.4 Å². The SMILES string of the molecule is COc1ccccc1C(=O)CSc1nnc(CN2CCCC2)n1-c1ccccc1. The number of nitrogens with zero attached hydrogens (tertiary/aromatic N) is 4. The maximum absolute atomic E-state index is 12.8. The fraction of sp³-hybridized carbons (Fsp3) is 0.318. The molecule has 0 atom stereocenters. The number of methoxy groups -OCH3 is 1. The van der Waals surface area contributed by atoms with Crippen molar-refractivity contribution in [1.82, 2.24) is 19.7 Å². The van der Waals surface area contributed by atoms with Crippen molar-refractivity contribution in [2.75, 3.05) is 26.0 Å². The summed E-state index contributed by atoms with van der Waals surface area (Å²) < 4.78 is 7.39. The van der Waals surface area contributed by atoms with Crippen LogP contribution in [0.1, 0.15) is 29.0 Å². The van der Waals surface area contributed by atoms with Crippen molar-refractivity contribution < 1.29 is 9.53 Å². The van der Waals surface area contributed by atoms with Crippen LogP contribution in [0.3, 0.4) is 0 Å². The van der Waals surface area contributed by atoms with Gasteiger partial charge >= 0.3 is 0 Å². The zero-order chi connectivity index (χ0) is 20.1. The molecule has 0 unspecified atom stereocenters. The van der Waals surface area contributed by atoms with E-state index in [9.17, 15) is 4.79 Å². The van der Waals surface area contributed by atoms with E-state index in [4.69, 9.17) is 4.74 Å². The van der Waals surface area contributed by atoms with Crippen LogP contribution in [0.15, 0.2) is 59.8 Å². The van der Waals surface area contributed by atoms with Crippen molar-refractivity contribution in [3.63, 3.8) is 0 Å². The highest BCUT2D eigenvalue weighted by Crippen LogP contribution is 2.26. The first-order valence-electron chi connectivity index (χ1n) is 9.77.